The van der Waals surface area contributed by atoms with E-state index in [1.807, 2.05) is 103 Å². The number of hydrogen-bond donors (Lipinski definition) is 0. The number of para-hydroxylation sites is 1. The van der Waals surface area contributed by atoms with Crippen LogP contribution in [0.2, 0.25) is 0 Å². The molecular formula is C39H23N3OS. The van der Waals surface area contributed by atoms with Gasteiger partial charge >= 0.3 is 0 Å². The molecule has 0 aliphatic heterocycles. The third-order valence-corrected chi connectivity index (χ3v) is 8.77. The number of furan rings is 1. The van der Waals surface area contributed by atoms with Gasteiger partial charge in [-0.25, -0.2) is 15.0 Å². The molecule has 0 amide bonds. The molecule has 4 nitrogen and oxygen atoms in total. The highest BCUT2D eigenvalue weighted by Crippen LogP contribution is 2.42. The van der Waals surface area contributed by atoms with Gasteiger partial charge in [-0.2, -0.15) is 0 Å². The number of thiophene rings is 1. The van der Waals surface area contributed by atoms with Crippen molar-refractivity contribution in [1.82, 2.24) is 15.0 Å². The molecule has 3 heterocycles. The summed E-state index contributed by atoms with van der Waals surface area (Å²) in [4.78, 5) is 14.2. The van der Waals surface area contributed by atoms with E-state index in [1.165, 1.54) is 11.3 Å². The molecule has 9 rings (SSSR count). The van der Waals surface area contributed by atoms with Crippen LogP contribution in [0, 0.1) is 0 Å². The summed E-state index contributed by atoms with van der Waals surface area (Å²) in [6.07, 6.45) is 0. The minimum Gasteiger partial charge on any atom is -0.456 e. The first-order chi connectivity index (χ1) is 24.3. The zero-order valence-electron chi connectivity index (χ0n) is 29.0. The van der Waals surface area contributed by atoms with E-state index in [2.05, 4.69) is 0 Å². The van der Waals surface area contributed by atoms with Gasteiger partial charge in [-0.05, 0) is 35.4 Å². The van der Waals surface area contributed by atoms with Gasteiger partial charge in [0.25, 0.3) is 0 Å². The average molecular weight is 588 g/mol. The van der Waals surface area contributed by atoms with E-state index < -0.39 is 0 Å². The average Bonchev–Trinajstić information content (AvgIpc) is 3.73. The van der Waals surface area contributed by atoms with Crippen molar-refractivity contribution < 1.29 is 12.6 Å². The van der Waals surface area contributed by atoms with Gasteiger partial charge in [-0.1, -0.05) is 115 Å². The van der Waals surface area contributed by atoms with Crippen LogP contribution in [0.4, 0.5) is 0 Å². The minimum absolute atomic E-state index is 0.0671. The Balaban J connectivity index is 1.32. The van der Waals surface area contributed by atoms with Crippen LogP contribution in [0.3, 0.4) is 0 Å². The monoisotopic (exact) mass is 587 g/mol. The van der Waals surface area contributed by atoms with Crippen molar-refractivity contribution in [2.24, 2.45) is 0 Å². The molecule has 0 fully saturated rings. The lowest BCUT2D eigenvalue weighted by atomic mass is 10.0. The van der Waals surface area contributed by atoms with Gasteiger partial charge in [0, 0.05) is 47.6 Å². The zero-order chi connectivity index (χ0) is 34.3. The smallest absolute Gasteiger partial charge is 0.164 e. The molecule has 0 spiro atoms. The molecule has 9 aromatic rings. The van der Waals surface area contributed by atoms with Crippen molar-refractivity contribution in [1.29, 1.82) is 0 Å². The second-order valence-corrected chi connectivity index (χ2v) is 11.4. The Morgan fingerprint density at radius 1 is 0.523 bits per heavy atom. The topological polar surface area (TPSA) is 51.8 Å². The van der Waals surface area contributed by atoms with Crippen LogP contribution in [-0.2, 0) is 0 Å². The van der Waals surface area contributed by atoms with Gasteiger partial charge in [0.15, 0.2) is 17.5 Å². The maximum atomic E-state index is 9.46. The van der Waals surface area contributed by atoms with Crippen molar-refractivity contribution in [3.63, 3.8) is 0 Å². The molecule has 5 heteroatoms. The molecule has 44 heavy (non-hydrogen) atoms. The quantitative estimate of drug-likeness (QED) is 0.205. The molecule has 0 atom stereocenters. The van der Waals surface area contributed by atoms with E-state index in [0.29, 0.717) is 37.8 Å². The highest BCUT2D eigenvalue weighted by atomic mass is 32.1. The fourth-order valence-electron chi connectivity index (χ4n) is 5.53. The minimum atomic E-state index is -0.295. The first-order valence-electron chi connectivity index (χ1n) is 17.0. The van der Waals surface area contributed by atoms with Crippen LogP contribution < -0.4 is 0 Å². The summed E-state index contributed by atoms with van der Waals surface area (Å²) in [5, 5.41) is 2.38. The summed E-state index contributed by atoms with van der Waals surface area (Å²) in [5.74, 6) is 0.820. The molecule has 0 bridgehead atoms. The first kappa shape index (κ1) is 19.5. The molecule has 3 aromatic heterocycles. The molecule has 0 aliphatic carbocycles. The Bertz CT molecular complexity index is 2780. The molecule has 0 unspecified atom stereocenters. The summed E-state index contributed by atoms with van der Waals surface area (Å²) < 4.78 is 61.6. The van der Waals surface area contributed by atoms with Crippen LogP contribution >= 0.6 is 11.3 Å². The largest absolute Gasteiger partial charge is 0.456 e. The van der Waals surface area contributed by atoms with Crippen molar-refractivity contribution in [3.8, 4) is 45.3 Å². The molecule has 0 radical (unpaired) electrons. The molecular weight excluding hydrogens is 559 g/mol. The van der Waals surface area contributed by atoms with E-state index in [-0.39, 0.29) is 58.4 Å². The Morgan fingerprint density at radius 2 is 1.18 bits per heavy atom. The van der Waals surface area contributed by atoms with Gasteiger partial charge in [-0.15, -0.1) is 11.3 Å². The fraction of sp³-hybridized carbons (Fsp3) is 0. The Kier molecular flexibility index (Phi) is 4.42. The van der Waals surface area contributed by atoms with Crippen molar-refractivity contribution in [2.75, 3.05) is 0 Å². The third-order valence-electron chi connectivity index (χ3n) is 7.65. The summed E-state index contributed by atoms with van der Waals surface area (Å²) in [5.41, 5.74) is 3.92. The van der Waals surface area contributed by atoms with Gasteiger partial charge < -0.3 is 4.42 Å². The van der Waals surface area contributed by atoms with Crippen molar-refractivity contribution in [3.05, 3.63) is 139 Å². The second kappa shape index (κ2) is 9.97. The van der Waals surface area contributed by atoms with Crippen LogP contribution in [0.25, 0.3) is 87.4 Å². The first-order valence-corrected chi connectivity index (χ1v) is 14.9. The van der Waals surface area contributed by atoms with Crippen LogP contribution in [0.5, 0.6) is 0 Å². The van der Waals surface area contributed by atoms with Gasteiger partial charge in [0.2, 0.25) is 0 Å². The fourth-order valence-corrected chi connectivity index (χ4v) is 6.67. The number of nitrogens with zero attached hydrogens (tertiary/aromatic N) is 3. The second-order valence-electron chi connectivity index (χ2n) is 10.4. The molecule has 6 aromatic carbocycles. The molecule has 0 N–H and O–H groups in total. The van der Waals surface area contributed by atoms with E-state index in [9.17, 15) is 4.11 Å². The Morgan fingerprint density at radius 3 is 1.93 bits per heavy atom. The number of benzene rings is 6. The SMILES string of the molecule is [2H]c1c([2H])c([2H])c2c(sc3c([2H])c(-c4nc(-c5ccccc5)nc(-c5ccccc5)n4)c([2H])c([2H])c32)c1-c1ccc2c(c1)oc1ccccc12. The number of hydrogen-bond acceptors (Lipinski definition) is 5. The van der Waals surface area contributed by atoms with Gasteiger partial charge in [-0.3, -0.25) is 0 Å². The number of aromatic nitrogens is 3. The van der Waals surface area contributed by atoms with Crippen LogP contribution in [0.15, 0.2) is 144 Å². The lowest BCUT2D eigenvalue weighted by Crippen LogP contribution is -1.99. The highest BCUT2D eigenvalue weighted by molar-refractivity contribution is 7.26. The van der Waals surface area contributed by atoms with E-state index in [4.69, 9.17) is 23.5 Å². The van der Waals surface area contributed by atoms with E-state index in [0.717, 1.165) is 27.5 Å². The van der Waals surface area contributed by atoms with Crippen molar-refractivity contribution in [2.45, 2.75) is 0 Å². The normalized spacial score (nSPS) is 13.5. The summed E-state index contributed by atoms with van der Waals surface area (Å²) >= 11 is 1.17. The lowest BCUT2D eigenvalue weighted by Gasteiger charge is -2.08. The van der Waals surface area contributed by atoms with Crippen molar-refractivity contribution >= 4 is 53.4 Å². The number of rotatable bonds is 4. The predicted molar refractivity (Wildman–Crippen MR) is 182 cm³/mol. The highest BCUT2D eigenvalue weighted by Gasteiger charge is 2.16. The lowest BCUT2D eigenvalue weighted by molar-refractivity contribution is 0.669. The van der Waals surface area contributed by atoms with E-state index >= 15 is 0 Å². The molecule has 0 saturated carbocycles. The molecule has 0 aliphatic rings. The van der Waals surface area contributed by atoms with Crippen LogP contribution in [-0.4, -0.2) is 15.0 Å². The summed E-state index contributed by atoms with van der Waals surface area (Å²) in [6, 6.07) is 31.0. The molecule has 206 valence electrons. The van der Waals surface area contributed by atoms with E-state index in [1.54, 1.807) is 0 Å². The summed E-state index contributed by atoms with van der Waals surface area (Å²) in [7, 11) is 0. The van der Waals surface area contributed by atoms with Gasteiger partial charge in [0.1, 0.15) is 11.2 Å². The third kappa shape index (κ3) is 4.09. The number of fused-ring (bicyclic) bond motifs is 6. The zero-order valence-corrected chi connectivity index (χ0v) is 23.8. The summed E-state index contributed by atoms with van der Waals surface area (Å²) in [6.45, 7) is 0. The molecule has 0 saturated heterocycles. The maximum absolute atomic E-state index is 9.46. The predicted octanol–water partition coefficient (Wildman–Crippen LogP) is 10.8. The van der Waals surface area contributed by atoms with Crippen LogP contribution in [0.1, 0.15) is 8.22 Å². The Labute approximate surface area is 265 Å². The Hall–Kier alpha value is -5.65. The standard InChI is InChI=1S/C39H23N3OS/c1-3-10-24(11-4-1)37-40-38(25-12-5-2-6-13-25)42-39(41-37)27-19-21-31-32-16-9-15-28(36(32)44-35(31)23-27)26-18-20-30-29-14-7-8-17-33(29)43-34(30)22-26/h1-23H/i9D,15D,16D,19D,21D,23D. The van der Waals surface area contributed by atoms with Gasteiger partial charge in [0.05, 0.1) is 8.22 Å². The maximum Gasteiger partial charge on any atom is 0.164 e.